The van der Waals surface area contributed by atoms with E-state index in [2.05, 4.69) is 17.9 Å². The van der Waals surface area contributed by atoms with Gasteiger partial charge in [0.2, 0.25) is 0 Å². The van der Waals surface area contributed by atoms with Gasteiger partial charge in [-0.1, -0.05) is 30.0 Å². The molecule has 98 valence electrons. The van der Waals surface area contributed by atoms with E-state index in [1.165, 1.54) is 6.42 Å². The summed E-state index contributed by atoms with van der Waals surface area (Å²) in [5.74, 6) is 7.48. The first-order chi connectivity index (χ1) is 9.20. The first-order valence-corrected chi connectivity index (χ1v) is 6.49. The molecule has 0 radical (unpaired) electrons. The van der Waals surface area contributed by atoms with Crippen molar-refractivity contribution in [1.82, 2.24) is 0 Å². The van der Waals surface area contributed by atoms with Gasteiger partial charge < -0.3 is 4.74 Å². The quantitative estimate of drug-likeness (QED) is 0.609. The number of benzene rings is 1. The van der Waals surface area contributed by atoms with Crippen molar-refractivity contribution in [2.75, 3.05) is 13.7 Å². The molecule has 1 aromatic rings. The van der Waals surface area contributed by atoms with E-state index in [0.717, 1.165) is 17.7 Å². The van der Waals surface area contributed by atoms with Gasteiger partial charge in [0, 0.05) is 24.8 Å². The lowest BCUT2D eigenvalue weighted by molar-refractivity contribution is 0.101. The summed E-state index contributed by atoms with van der Waals surface area (Å²) in [6, 6.07) is 7.38. The standard InChI is InChI=1S/C17H18O2/c1-13(18)15-9-7-14(8-10-15)5-3-4-6-16-11-17(16)12-19-2/h4,6-10,16-17H,11-12H2,1-2H3/b6-4+. The molecule has 0 saturated heterocycles. The molecule has 1 aliphatic carbocycles. The van der Waals surface area contributed by atoms with Gasteiger partial charge in [0.1, 0.15) is 0 Å². The number of ketones is 1. The molecule has 0 amide bonds. The second kappa shape index (κ2) is 6.36. The Kier molecular flexibility index (Phi) is 4.54. The normalized spacial score (nSPS) is 20.9. The zero-order chi connectivity index (χ0) is 13.7. The van der Waals surface area contributed by atoms with Crippen molar-refractivity contribution in [3.8, 4) is 11.8 Å². The van der Waals surface area contributed by atoms with Gasteiger partial charge in [0.15, 0.2) is 5.78 Å². The predicted octanol–water partition coefficient (Wildman–Crippen LogP) is 3.08. The Morgan fingerprint density at radius 1 is 1.42 bits per heavy atom. The molecule has 19 heavy (non-hydrogen) atoms. The van der Waals surface area contributed by atoms with Gasteiger partial charge in [-0.25, -0.2) is 0 Å². The monoisotopic (exact) mass is 254 g/mol. The maximum Gasteiger partial charge on any atom is 0.159 e. The highest BCUT2D eigenvalue weighted by Gasteiger charge is 2.34. The summed E-state index contributed by atoms with van der Waals surface area (Å²) in [6.07, 6.45) is 5.28. The summed E-state index contributed by atoms with van der Waals surface area (Å²) in [5, 5.41) is 0. The average molecular weight is 254 g/mol. The van der Waals surface area contributed by atoms with Gasteiger partial charge in [-0.2, -0.15) is 0 Å². The molecule has 1 aromatic carbocycles. The van der Waals surface area contributed by atoms with Gasteiger partial charge in [0.25, 0.3) is 0 Å². The van der Waals surface area contributed by atoms with Gasteiger partial charge >= 0.3 is 0 Å². The minimum absolute atomic E-state index is 0.0809. The van der Waals surface area contributed by atoms with Gasteiger partial charge in [0.05, 0.1) is 0 Å². The van der Waals surface area contributed by atoms with Crippen LogP contribution in [0, 0.1) is 23.7 Å². The summed E-state index contributed by atoms with van der Waals surface area (Å²) in [5.41, 5.74) is 1.65. The van der Waals surface area contributed by atoms with E-state index in [1.807, 2.05) is 30.3 Å². The minimum Gasteiger partial charge on any atom is -0.384 e. The van der Waals surface area contributed by atoms with Crippen molar-refractivity contribution in [2.24, 2.45) is 11.8 Å². The van der Waals surface area contributed by atoms with E-state index in [-0.39, 0.29) is 5.78 Å². The topological polar surface area (TPSA) is 26.3 Å². The second-order valence-corrected chi connectivity index (χ2v) is 4.88. The molecule has 2 heteroatoms. The zero-order valence-electron chi connectivity index (χ0n) is 11.3. The molecule has 1 saturated carbocycles. The highest BCUT2D eigenvalue weighted by Crippen LogP contribution is 2.39. The van der Waals surface area contributed by atoms with Crippen LogP contribution in [0.5, 0.6) is 0 Å². The Morgan fingerprint density at radius 3 is 2.79 bits per heavy atom. The number of ether oxygens (including phenoxy) is 1. The fraction of sp³-hybridized carbons (Fsp3) is 0.353. The van der Waals surface area contributed by atoms with Crippen molar-refractivity contribution in [1.29, 1.82) is 0 Å². The highest BCUT2D eigenvalue weighted by molar-refractivity contribution is 5.94. The van der Waals surface area contributed by atoms with E-state index in [0.29, 0.717) is 11.8 Å². The average Bonchev–Trinajstić information content (AvgIpc) is 3.14. The van der Waals surface area contributed by atoms with Crippen molar-refractivity contribution in [3.63, 3.8) is 0 Å². The largest absolute Gasteiger partial charge is 0.384 e. The van der Waals surface area contributed by atoms with Gasteiger partial charge in [-0.15, -0.1) is 0 Å². The number of rotatable bonds is 4. The number of hydrogen-bond donors (Lipinski definition) is 0. The summed E-state index contributed by atoms with van der Waals surface area (Å²) in [7, 11) is 1.74. The third-order valence-electron chi connectivity index (χ3n) is 3.29. The molecule has 0 heterocycles. The van der Waals surface area contributed by atoms with E-state index in [4.69, 9.17) is 4.74 Å². The number of methoxy groups -OCH3 is 1. The molecule has 2 unspecified atom stereocenters. The molecule has 0 N–H and O–H groups in total. The van der Waals surface area contributed by atoms with E-state index >= 15 is 0 Å². The molecular formula is C17H18O2. The Balaban J connectivity index is 1.86. The fourth-order valence-corrected chi connectivity index (χ4v) is 2.00. The summed E-state index contributed by atoms with van der Waals surface area (Å²) < 4.78 is 5.10. The lowest BCUT2D eigenvalue weighted by Gasteiger charge is -1.94. The molecule has 2 nitrogen and oxygen atoms in total. The van der Waals surface area contributed by atoms with Crippen molar-refractivity contribution in [3.05, 3.63) is 47.5 Å². The molecule has 0 aliphatic heterocycles. The number of carbonyl (C=O) groups is 1. The Hall–Kier alpha value is -1.85. The molecule has 2 atom stereocenters. The summed E-state index contributed by atoms with van der Waals surface area (Å²) in [4.78, 5) is 11.1. The third kappa shape index (κ3) is 4.08. The number of hydrogen-bond acceptors (Lipinski definition) is 2. The van der Waals surface area contributed by atoms with E-state index in [1.54, 1.807) is 14.0 Å². The zero-order valence-corrected chi connectivity index (χ0v) is 11.3. The first-order valence-electron chi connectivity index (χ1n) is 6.49. The van der Waals surface area contributed by atoms with Crippen LogP contribution in [0.15, 0.2) is 36.4 Å². The number of Topliss-reactive ketones (excluding diaryl/α,β-unsaturated/α-hetero) is 1. The van der Waals surface area contributed by atoms with Crippen LogP contribution >= 0.6 is 0 Å². The van der Waals surface area contributed by atoms with Crippen molar-refractivity contribution >= 4 is 5.78 Å². The van der Waals surface area contributed by atoms with Crippen LogP contribution in [0.3, 0.4) is 0 Å². The van der Waals surface area contributed by atoms with Gasteiger partial charge in [-0.3, -0.25) is 4.79 Å². The Labute approximate surface area is 114 Å². The summed E-state index contributed by atoms with van der Waals surface area (Å²) >= 11 is 0. The second-order valence-electron chi connectivity index (χ2n) is 4.88. The van der Waals surface area contributed by atoms with Crippen LogP contribution in [-0.4, -0.2) is 19.5 Å². The molecular weight excluding hydrogens is 236 g/mol. The van der Waals surface area contributed by atoms with Crippen LogP contribution in [0.1, 0.15) is 29.3 Å². The minimum atomic E-state index is 0.0809. The van der Waals surface area contributed by atoms with Crippen LogP contribution < -0.4 is 0 Å². The lowest BCUT2D eigenvalue weighted by Crippen LogP contribution is -1.91. The smallest absolute Gasteiger partial charge is 0.159 e. The van der Waals surface area contributed by atoms with Crippen molar-refractivity contribution in [2.45, 2.75) is 13.3 Å². The van der Waals surface area contributed by atoms with E-state index < -0.39 is 0 Å². The third-order valence-corrected chi connectivity index (χ3v) is 3.29. The molecule has 1 aliphatic rings. The first kappa shape index (κ1) is 13.6. The molecule has 0 bridgehead atoms. The predicted molar refractivity (Wildman–Crippen MR) is 75.9 cm³/mol. The lowest BCUT2D eigenvalue weighted by atomic mass is 10.1. The van der Waals surface area contributed by atoms with Crippen LogP contribution in [0.25, 0.3) is 0 Å². The molecule has 0 spiro atoms. The highest BCUT2D eigenvalue weighted by atomic mass is 16.5. The molecule has 1 fully saturated rings. The fourth-order valence-electron chi connectivity index (χ4n) is 2.00. The maximum atomic E-state index is 11.1. The number of carbonyl (C=O) groups excluding carboxylic acids is 1. The van der Waals surface area contributed by atoms with Crippen LogP contribution in [0.2, 0.25) is 0 Å². The Bertz CT molecular complexity index is 529. The Morgan fingerprint density at radius 2 is 2.16 bits per heavy atom. The van der Waals surface area contributed by atoms with Crippen LogP contribution in [0.4, 0.5) is 0 Å². The van der Waals surface area contributed by atoms with E-state index in [9.17, 15) is 4.79 Å². The van der Waals surface area contributed by atoms with Gasteiger partial charge in [-0.05, 0) is 43.4 Å². The maximum absolute atomic E-state index is 11.1. The summed E-state index contributed by atoms with van der Waals surface area (Å²) in [6.45, 7) is 2.41. The van der Waals surface area contributed by atoms with Crippen molar-refractivity contribution < 1.29 is 9.53 Å². The molecule has 0 aromatic heterocycles. The molecule has 2 rings (SSSR count). The van der Waals surface area contributed by atoms with Crippen LogP contribution in [-0.2, 0) is 4.74 Å². The SMILES string of the molecule is COCC1CC1/C=C/C#Cc1ccc(C(C)=O)cc1. The number of allylic oxidation sites excluding steroid dienone is 2.